The van der Waals surface area contributed by atoms with Crippen molar-refractivity contribution in [3.05, 3.63) is 47.3 Å². The first-order valence-electron chi connectivity index (χ1n) is 12.5. The monoisotopic (exact) mass is 546 g/mol. The van der Waals surface area contributed by atoms with Crippen molar-refractivity contribution in [3.63, 3.8) is 0 Å². The zero-order chi connectivity index (χ0) is 27.8. The molecule has 0 saturated carbocycles. The van der Waals surface area contributed by atoms with Crippen LogP contribution in [-0.2, 0) is 23.6 Å². The maximum Gasteiger partial charge on any atom is 0.451 e. The van der Waals surface area contributed by atoms with Gasteiger partial charge >= 0.3 is 12.4 Å². The number of benzene rings is 1. The Labute approximate surface area is 217 Å². The lowest BCUT2D eigenvalue weighted by molar-refractivity contribution is -0.144. The van der Waals surface area contributed by atoms with Crippen molar-refractivity contribution >= 4 is 18.0 Å². The van der Waals surface area contributed by atoms with Crippen LogP contribution in [-0.4, -0.2) is 55.6 Å². The van der Waals surface area contributed by atoms with E-state index in [2.05, 4.69) is 15.3 Å². The van der Waals surface area contributed by atoms with Gasteiger partial charge in [-0.3, -0.25) is 4.79 Å². The smallest absolute Gasteiger partial charge is 0.358 e. The molecule has 13 heteroatoms. The molecule has 210 valence electrons. The fourth-order valence-corrected chi connectivity index (χ4v) is 4.24. The van der Waals surface area contributed by atoms with E-state index < -0.39 is 23.7 Å². The molecule has 3 heterocycles. The summed E-state index contributed by atoms with van der Waals surface area (Å²) in [4.78, 5) is 21.2. The lowest BCUT2D eigenvalue weighted by Gasteiger charge is -2.35. The Morgan fingerprint density at radius 1 is 0.921 bits per heavy atom. The average molecular weight is 547 g/mol. The third-order valence-electron chi connectivity index (χ3n) is 6.57. The highest BCUT2D eigenvalue weighted by atomic mass is 19.4. The summed E-state index contributed by atoms with van der Waals surface area (Å²) in [7, 11) is 0. The van der Waals surface area contributed by atoms with Crippen molar-refractivity contribution < 1.29 is 31.1 Å². The van der Waals surface area contributed by atoms with E-state index in [1.54, 1.807) is 6.07 Å². The number of halogens is 6. The number of nitrogens with zero attached hydrogens (tertiary/aromatic N) is 4. The van der Waals surface area contributed by atoms with Gasteiger partial charge < -0.3 is 20.9 Å². The van der Waals surface area contributed by atoms with Gasteiger partial charge in [0, 0.05) is 38.8 Å². The number of amides is 1. The van der Waals surface area contributed by atoms with Gasteiger partial charge in [-0.05, 0) is 62.3 Å². The lowest BCUT2D eigenvalue weighted by atomic mass is 9.94. The molecule has 0 aliphatic carbocycles. The van der Waals surface area contributed by atoms with Gasteiger partial charge in [0.25, 0.3) is 0 Å². The summed E-state index contributed by atoms with van der Waals surface area (Å²) in [5.41, 5.74) is 5.69. The number of carbonyl (C=O) groups is 1. The molecule has 2 aromatic rings. The summed E-state index contributed by atoms with van der Waals surface area (Å²) in [6.07, 6.45) is -3.87. The summed E-state index contributed by atoms with van der Waals surface area (Å²) in [5.74, 6) is 0.300. The molecule has 3 N–H and O–H groups in total. The molecule has 4 rings (SSSR count). The minimum absolute atomic E-state index is 0.387. The molecule has 0 atom stereocenters. The Hall–Kier alpha value is -3.09. The molecule has 1 aromatic heterocycles. The van der Waals surface area contributed by atoms with Crippen molar-refractivity contribution in [1.82, 2.24) is 15.3 Å². The third kappa shape index (κ3) is 8.47. The Morgan fingerprint density at radius 2 is 1.50 bits per heavy atom. The molecule has 0 spiro atoms. The van der Waals surface area contributed by atoms with Crippen molar-refractivity contribution in [2.75, 3.05) is 49.1 Å². The van der Waals surface area contributed by atoms with Gasteiger partial charge in [0.15, 0.2) is 0 Å². The number of carbonyl (C=O) groups excluding carboxylic acids is 1. The fraction of sp³-hybridized carbons (Fsp3) is 0.560. The summed E-state index contributed by atoms with van der Waals surface area (Å²) in [6, 6.07) is 6.59. The minimum atomic E-state index is -4.52. The lowest BCUT2D eigenvalue weighted by Crippen LogP contribution is -2.39. The van der Waals surface area contributed by atoms with Crippen LogP contribution in [0.2, 0.25) is 0 Å². The zero-order valence-electron chi connectivity index (χ0n) is 20.9. The number of nitrogens with two attached hydrogens (primary N) is 1. The van der Waals surface area contributed by atoms with Crippen LogP contribution < -0.4 is 20.9 Å². The third-order valence-corrected chi connectivity index (χ3v) is 6.57. The second-order valence-corrected chi connectivity index (χ2v) is 9.27. The van der Waals surface area contributed by atoms with Crippen molar-refractivity contribution in [3.8, 4) is 0 Å². The predicted octanol–water partition coefficient (Wildman–Crippen LogP) is 4.26. The highest BCUT2D eigenvalue weighted by molar-refractivity contribution is 5.52. The van der Waals surface area contributed by atoms with Crippen LogP contribution in [0.3, 0.4) is 0 Å². The van der Waals surface area contributed by atoms with E-state index >= 15 is 0 Å². The van der Waals surface area contributed by atoms with Crippen molar-refractivity contribution in [1.29, 1.82) is 0 Å². The van der Waals surface area contributed by atoms with Gasteiger partial charge in [0.1, 0.15) is 11.6 Å². The summed E-state index contributed by atoms with van der Waals surface area (Å²) in [6.45, 7) is 4.04. The van der Waals surface area contributed by atoms with Gasteiger partial charge in [-0.25, -0.2) is 9.97 Å². The van der Waals surface area contributed by atoms with Gasteiger partial charge in [0.05, 0.1) is 5.56 Å². The van der Waals surface area contributed by atoms with Crippen LogP contribution >= 0.6 is 0 Å². The first-order chi connectivity index (χ1) is 18.0. The Morgan fingerprint density at radius 3 is 1.95 bits per heavy atom. The molecule has 2 aliphatic heterocycles. The molecule has 1 aromatic carbocycles. The number of nitrogens with one attached hydrogen (secondary N) is 1. The summed E-state index contributed by atoms with van der Waals surface area (Å²) in [5, 5.41) is 2.44. The van der Waals surface area contributed by atoms with Crippen LogP contribution in [0.1, 0.15) is 42.6 Å². The maximum absolute atomic E-state index is 13.1. The minimum Gasteiger partial charge on any atom is -0.358 e. The number of alkyl halides is 6. The van der Waals surface area contributed by atoms with E-state index in [-0.39, 0.29) is 0 Å². The molecular weight excluding hydrogens is 514 g/mol. The molecule has 0 unspecified atom stereocenters. The average Bonchev–Trinajstić information content (AvgIpc) is 2.83. The normalized spacial score (nSPS) is 16.4. The van der Waals surface area contributed by atoms with Crippen LogP contribution in [0.15, 0.2) is 30.3 Å². The molecule has 2 saturated heterocycles. The van der Waals surface area contributed by atoms with E-state index in [0.717, 1.165) is 69.6 Å². The molecule has 0 bridgehead atoms. The second kappa shape index (κ2) is 13.1. The van der Waals surface area contributed by atoms with Crippen LogP contribution in [0, 0.1) is 5.92 Å². The SMILES string of the molecule is NCCC1CCN(c2cc(N3CCC3)nc(C(F)(F)F)n2)CC1.O=CNCCc1ccc(C(F)(F)F)cc1. The molecule has 0 radical (unpaired) electrons. The Kier molecular flexibility index (Phi) is 10.2. The first kappa shape index (κ1) is 29.5. The number of piperidine rings is 1. The standard InChI is InChI=1S/C15H22F3N5.C10H10F3NO/c16-15(17,18)14-20-12(22-6-1-7-22)10-13(21-14)23-8-3-11(2-5-19)4-9-23;11-10(12,13)9-3-1-8(2-4-9)5-6-14-7-15/h10-11H,1-9,19H2;1-4,7H,5-6H2,(H,14,15). The predicted molar refractivity (Wildman–Crippen MR) is 132 cm³/mol. The molecule has 2 aliphatic rings. The highest BCUT2D eigenvalue weighted by Crippen LogP contribution is 2.33. The van der Waals surface area contributed by atoms with Gasteiger partial charge in [-0.2, -0.15) is 26.3 Å². The van der Waals surface area contributed by atoms with Crippen molar-refractivity contribution in [2.45, 2.75) is 44.5 Å². The fourth-order valence-electron chi connectivity index (χ4n) is 4.24. The molecule has 1 amide bonds. The zero-order valence-corrected chi connectivity index (χ0v) is 20.9. The van der Waals surface area contributed by atoms with E-state index in [1.807, 2.05) is 9.80 Å². The summed E-state index contributed by atoms with van der Waals surface area (Å²) >= 11 is 0. The Bertz CT molecular complexity index is 1020. The van der Waals surface area contributed by atoms with E-state index in [1.165, 1.54) is 12.1 Å². The van der Waals surface area contributed by atoms with Crippen LogP contribution in [0.25, 0.3) is 0 Å². The number of rotatable bonds is 8. The number of hydrogen-bond acceptors (Lipinski definition) is 6. The largest absolute Gasteiger partial charge is 0.451 e. The number of aromatic nitrogens is 2. The number of anilines is 2. The molecule has 7 nitrogen and oxygen atoms in total. The quantitative estimate of drug-likeness (QED) is 0.292. The van der Waals surface area contributed by atoms with Crippen molar-refractivity contribution in [2.24, 2.45) is 11.7 Å². The van der Waals surface area contributed by atoms with Gasteiger partial charge in [-0.1, -0.05) is 12.1 Å². The molecular formula is C25H32F6N6O. The maximum atomic E-state index is 13.1. The van der Waals surface area contributed by atoms with E-state index in [9.17, 15) is 31.1 Å². The Balaban J connectivity index is 0.000000232. The summed E-state index contributed by atoms with van der Waals surface area (Å²) < 4.78 is 75.8. The first-order valence-corrected chi connectivity index (χ1v) is 12.5. The van der Waals surface area contributed by atoms with Crippen LogP contribution in [0.4, 0.5) is 38.0 Å². The highest BCUT2D eigenvalue weighted by Gasteiger charge is 2.37. The topological polar surface area (TPSA) is 87.4 Å². The van der Waals surface area contributed by atoms with E-state index in [0.29, 0.717) is 43.5 Å². The molecule has 38 heavy (non-hydrogen) atoms. The van der Waals surface area contributed by atoms with Gasteiger partial charge in [-0.15, -0.1) is 0 Å². The van der Waals surface area contributed by atoms with Crippen LogP contribution in [0.5, 0.6) is 0 Å². The van der Waals surface area contributed by atoms with E-state index in [4.69, 9.17) is 5.73 Å². The number of hydrogen-bond donors (Lipinski definition) is 2. The van der Waals surface area contributed by atoms with Gasteiger partial charge in [0.2, 0.25) is 12.2 Å². The molecule has 2 fully saturated rings. The second-order valence-electron chi connectivity index (χ2n) is 9.27.